The standard InChI is InChI=1S/C2H4O2.2Ca.H3O4P.4H/c1-2(3)4;;;1-5(2,3)4;;;;/h1H3,(H,3,4);;;(H3,1,2,3,4);;;;. The van der Waals surface area contributed by atoms with Crippen LogP contribution in [0.3, 0.4) is 0 Å². The van der Waals surface area contributed by atoms with E-state index >= 15 is 0 Å². The molecule has 0 bridgehead atoms. The zero-order chi connectivity index (χ0) is 8.08. The van der Waals surface area contributed by atoms with Gasteiger partial charge >= 0.3 is 83.3 Å². The second-order valence-corrected chi connectivity index (χ2v) is 2.06. The van der Waals surface area contributed by atoms with Gasteiger partial charge in [0.1, 0.15) is 0 Å². The minimum absolute atomic E-state index is 0. The third-order valence-electron chi connectivity index (χ3n) is 0. The van der Waals surface area contributed by atoms with Gasteiger partial charge in [0.15, 0.2) is 0 Å². The molecule has 0 aromatic carbocycles. The summed E-state index contributed by atoms with van der Waals surface area (Å²) in [7, 11) is -4.64. The van der Waals surface area contributed by atoms with Crippen LogP contribution in [0.2, 0.25) is 0 Å². The summed E-state index contributed by atoms with van der Waals surface area (Å²) in [4.78, 5) is 30.6. The second-order valence-electron chi connectivity index (χ2n) is 1.03. The van der Waals surface area contributed by atoms with Gasteiger partial charge in [-0.05, 0) is 0 Å². The van der Waals surface area contributed by atoms with Crippen molar-refractivity contribution in [3.05, 3.63) is 0 Å². The van der Waals surface area contributed by atoms with Crippen molar-refractivity contribution in [2.45, 2.75) is 6.92 Å². The van der Waals surface area contributed by atoms with Crippen LogP contribution < -0.4 is 0 Å². The molecule has 0 saturated carbocycles. The van der Waals surface area contributed by atoms with Gasteiger partial charge in [-0.3, -0.25) is 4.79 Å². The molecule has 0 radical (unpaired) electrons. The average molecular weight is 242 g/mol. The summed E-state index contributed by atoms with van der Waals surface area (Å²) in [5.41, 5.74) is 0. The average Bonchev–Trinajstić information content (AvgIpc) is 1.19. The van der Waals surface area contributed by atoms with E-state index in [2.05, 4.69) is 0 Å². The molecule has 0 aliphatic heterocycles. The molecule has 0 saturated heterocycles. The van der Waals surface area contributed by atoms with E-state index < -0.39 is 13.8 Å². The Morgan fingerprint density at radius 1 is 1.18 bits per heavy atom. The maximum absolute atomic E-state index is 9.00. The van der Waals surface area contributed by atoms with E-state index in [9.17, 15) is 0 Å². The zero-order valence-corrected chi connectivity index (χ0v) is 5.45. The van der Waals surface area contributed by atoms with Crippen LogP contribution in [0.1, 0.15) is 6.92 Å². The number of hydrogen-bond acceptors (Lipinski definition) is 2. The maximum atomic E-state index is 9.00. The van der Waals surface area contributed by atoms with Crippen molar-refractivity contribution in [2.24, 2.45) is 0 Å². The summed E-state index contributed by atoms with van der Waals surface area (Å²) in [5.74, 6) is -0.833. The Balaban J connectivity index is -0.0000000383. The molecule has 9 heteroatoms. The molecule has 0 heterocycles. The number of aliphatic carboxylic acids is 1. The molecule has 6 nitrogen and oxygen atoms in total. The van der Waals surface area contributed by atoms with Crippen molar-refractivity contribution in [3.8, 4) is 0 Å². The number of rotatable bonds is 0. The van der Waals surface area contributed by atoms with Gasteiger partial charge in [0.2, 0.25) is 0 Å². The SMILES string of the molecule is CC(=O)O.O=P(O)(O)O.[CaH2].[CaH2]. The summed E-state index contributed by atoms with van der Waals surface area (Å²) < 4.78 is 8.88. The van der Waals surface area contributed by atoms with Gasteiger partial charge in [-0.2, -0.15) is 0 Å². The third kappa shape index (κ3) is 280. The molecule has 0 unspecified atom stereocenters. The van der Waals surface area contributed by atoms with Gasteiger partial charge in [-0.1, -0.05) is 0 Å². The van der Waals surface area contributed by atoms with Crippen LogP contribution in [-0.4, -0.2) is 101 Å². The van der Waals surface area contributed by atoms with Crippen LogP contribution in [0, 0.1) is 0 Å². The molecule has 0 fully saturated rings. The molecule has 4 N–H and O–H groups in total. The van der Waals surface area contributed by atoms with Gasteiger partial charge in [0, 0.05) is 6.92 Å². The molecule has 11 heavy (non-hydrogen) atoms. The first kappa shape index (κ1) is 23.2. The van der Waals surface area contributed by atoms with Crippen LogP contribution in [0.4, 0.5) is 0 Å². The monoisotopic (exact) mass is 242 g/mol. The normalized spacial score (nSPS) is 7.64. The van der Waals surface area contributed by atoms with Crippen molar-refractivity contribution in [1.29, 1.82) is 0 Å². The predicted molar refractivity (Wildman–Crippen MR) is 44.7 cm³/mol. The summed E-state index contributed by atoms with van der Waals surface area (Å²) in [6, 6.07) is 0. The van der Waals surface area contributed by atoms with Gasteiger partial charge in [0.05, 0.1) is 0 Å². The molecule has 0 amide bonds. The second kappa shape index (κ2) is 12.1. The van der Waals surface area contributed by atoms with E-state index in [0.717, 1.165) is 6.92 Å². The molecule has 0 aromatic heterocycles. The van der Waals surface area contributed by atoms with Crippen LogP contribution in [0.15, 0.2) is 0 Å². The fourth-order valence-corrected chi connectivity index (χ4v) is 0. The Bertz CT molecular complexity index is 118. The summed E-state index contributed by atoms with van der Waals surface area (Å²) >= 11 is 0. The van der Waals surface area contributed by atoms with Crippen molar-refractivity contribution >= 4 is 89.3 Å². The fourth-order valence-electron chi connectivity index (χ4n) is 0. The van der Waals surface area contributed by atoms with Crippen molar-refractivity contribution in [1.82, 2.24) is 0 Å². The summed E-state index contributed by atoms with van der Waals surface area (Å²) in [6.07, 6.45) is 0. The molecule has 0 aromatic rings. The molecule has 0 aliphatic carbocycles. The van der Waals surface area contributed by atoms with Crippen molar-refractivity contribution in [3.63, 3.8) is 0 Å². The Morgan fingerprint density at radius 2 is 1.18 bits per heavy atom. The van der Waals surface area contributed by atoms with Crippen molar-refractivity contribution < 1.29 is 29.1 Å². The zero-order valence-electron chi connectivity index (χ0n) is 4.55. The van der Waals surface area contributed by atoms with Crippen LogP contribution in [-0.2, 0) is 9.36 Å². The quantitative estimate of drug-likeness (QED) is 0.272. The molecule has 0 aliphatic rings. The number of hydrogen-bond donors (Lipinski definition) is 4. The fraction of sp³-hybridized carbons (Fsp3) is 0.500. The van der Waals surface area contributed by atoms with Gasteiger partial charge < -0.3 is 19.8 Å². The molecule has 0 atom stereocenters. The Labute approximate surface area is 123 Å². The number of carbonyl (C=O) groups is 1. The van der Waals surface area contributed by atoms with Crippen LogP contribution >= 0.6 is 7.82 Å². The van der Waals surface area contributed by atoms with E-state index in [1.807, 2.05) is 0 Å². The van der Waals surface area contributed by atoms with Crippen molar-refractivity contribution in [2.75, 3.05) is 0 Å². The first-order chi connectivity index (χ1) is 3.73. The Kier molecular flexibility index (Phi) is 25.5. The van der Waals surface area contributed by atoms with E-state index in [1.54, 1.807) is 0 Å². The molecule has 0 rings (SSSR count). The number of phosphoric acid groups is 1. The summed E-state index contributed by atoms with van der Waals surface area (Å²) in [5, 5.41) is 7.42. The number of carboxylic acid groups (broad SMARTS) is 1. The minimum atomic E-state index is -4.64. The molecular formula is C2H11Ca2O6P. The molecular weight excluding hydrogens is 231 g/mol. The third-order valence-corrected chi connectivity index (χ3v) is 0. The van der Waals surface area contributed by atoms with E-state index in [4.69, 9.17) is 29.1 Å². The first-order valence-corrected chi connectivity index (χ1v) is 3.28. The van der Waals surface area contributed by atoms with E-state index in [-0.39, 0.29) is 75.5 Å². The van der Waals surface area contributed by atoms with Gasteiger partial charge in [-0.15, -0.1) is 0 Å². The van der Waals surface area contributed by atoms with Gasteiger partial charge in [0.25, 0.3) is 5.97 Å². The predicted octanol–water partition coefficient (Wildman–Crippen LogP) is -2.67. The Hall–Kier alpha value is 2.10. The van der Waals surface area contributed by atoms with E-state index in [1.165, 1.54) is 0 Å². The summed E-state index contributed by atoms with van der Waals surface area (Å²) in [6.45, 7) is 1.08. The van der Waals surface area contributed by atoms with Crippen LogP contribution in [0.25, 0.3) is 0 Å². The first-order valence-electron chi connectivity index (χ1n) is 1.71. The molecule has 0 spiro atoms. The molecule has 64 valence electrons. The topological polar surface area (TPSA) is 115 Å². The van der Waals surface area contributed by atoms with Gasteiger partial charge in [-0.25, -0.2) is 4.57 Å². The van der Waals surface area contributed by atoms with E-state index in [0.29, 0.717) is 0 Å². The van der Waals surface area contributed by atoms with Crippen LogP contribution in [0.5, 0.6) is 0 Å². The number of carboxylic acids is 1. The Morgan fingerprint density at radius 3 is 1.18 bits per heavy atom.